The van der Waals surface area contributed by atoms with Crippen molar-refractivity contribution < 1.29 is 8.78 Å². The molecule has 2 nitrogen and oxygen atoms in total. The van der Waals surface area contributed by atoms with Gasteiger partial charge in [0.15, 0.2) is 5.82 Å². The van der Waals surface area contributed by atoms with E-state index in [0.29, 0.717) is 35.7 Å². The normalized spacial score (nSPS) is 19.7. The Labute approximate surface area is 121 Å². The molecule has 1 heterocycles. The van der Waals surface area contributed by atoms with E-state index in [1.54, 1.807) is 13.0 Å². The first-order valence-corrected chi connectivity index (χ1v) is 7.09. The van der Waals surface area contributed by atoms with Crippen molar-refractivity contribution in [2.75, 3.05) is 17.8 Å². The van der Waals surface area contributed by atoms with Crippen LogP contribution in [0.2, 0.25) is 5.02 Å². The summed E-state index contributed by atoms with van der Waals surface area (Å²) in [6.45, 7) is 6.45. The van der Waals surface area contributed by atoms with Crippen molar-refractivity contribution in [3.8, 4) is 0 Å². The molecule has 6 heteroatoms. The largest absolute Gasteiger partial charge is 0.314 e. The number of allylic oxidation sites excluding steroid dienone is 1. The molecule has 1 unspecified atom stereocenters. The Kier molecular flexibility index (Phi) is 4.71. The summed E-state index contributed by atoms with van der Waals surface area (Å²) in [6, 6.07) is 3.06. The summed E-state index contributed by atoms with van der Waals surface area (Å²) in [7, 11) is 0. The van der Waals surface area contributed by atoms with Gasteiger partial charge in [-0.3, -0.25) is 0 Å². The standard InChI is InChI=1S/C13H15ClF2N2S/c1-8(2)11-5-9(14)6-12(13(11)16)17-19-18-4-3-10(15)7-18/h5-6,10,17H,1,3-4,7H2,2H3. The van der Waals surface area contributed by atoms with Crippen molar-refractivity contribution in [3.63, 3.8) is 0 Å². The predicted octanol–water partition coefficient (Wildman–Crippen LogP) is 4.53. The van der Waals surface area contributed by atoms with Crippen LogP contribution < -0.4 is 4.72 Å². The summed E-state index contributed by atoms with van der Waals surface area (Å²) < 4.78 is 31.9. The van der Waals surface area contributed by atoms with Gasteiger partial charge in [-0.15, -0.1) is 0 Å². The fourth-order valence-corrected chi connectivity index (χ4v) is 2.89. The van der Waals surface area contributed by atoms with Gasteiger partial charge in [-0.2, -0.15) is 0 Å². The van der Waals surface area contributed by atoms with Gasteiger partial charge >= 0.3 is 0 Å². The van der Waals surface area contributed by atoms with Crippen molar-refractivity contribution in [2.24, 2.45) is 0 Å². The minimum absolute atomic E-state index is 0.290. The molecule has 1 saturated heterocycles. The Morgan fingerprint density at radius 1 is 1.58 bits per heavy atom. The second-order valence-corrected chi connectivity index (χ2v) is 5.90. The van der Waals surface area contributed by atoms with E-state index >= 15 is 0 Å². The average molecular weight is 305 g/mol. The molecule has 1 N–H and O–H groups in total. The minimum Gasteiger partial charge on any atom is -0.314 e. The van der Waals surface area contributed by atoms with Crippen LogP contribution in [0.15, 0.2) is 18.7 Å². The van der Waals surface area contributed by atoms with Crippen LogP contribution in [0.3, 0.4) is 0 Å². The van der Waals surface area contributed by atoms with E-state index in [0.717, 1.165) is 0 Å². The van der Waals surface area contributed by atoms with E-state index in [2.05, 4.69) is 11.3 Å². The maximum atomic E-state index is 14.2. The molecule has 104 valence electrons. The lowest BCUT2D eigenvalue weighted by Crippen LogP contribution is -2.15. The van der Waals surface area contributed by atoms with Gasteiger partial charge in [0.1, 0.15) is 6.17 Å². The van der Waals surface area contributed by atoms with E-state index in [1.165, 1.54) is 18.2 Å². The fraction of sp³-hybridized carbons (Fsp3) is 0.385. The van der Waals surface area contributed by atoms with Crippen molar-refractivity contribution in [1.82, 2.24) is 4.31 Å². The van der Waals surface area contributed by atoms with E-state index in [-0.39, 0.29) is 11.5 Å². The molecule has 0 bridgehead atoms. The number of rotatable bonds is 4. The zero-order valence-electron chi connectivity index (χ0n) is 10.5. The Bertz CT molecular complexity index is 496. The molecule has 0 aliphatic carbocycles. The Morgan fingerprint density at radius 3 is 2.89 bits per heavy atom. The summed E-state index contributed by atoms with van der Waals surface area (Å²) in [5, 5.41) is 0.437. The maximum Gasteiger partial charge on any atom is 0.154 e. The van der Waals surface area contributed by atoms with Crippen LogP contribution >= 0.6 is 23.7 Å². The summed E-state index contributed by atoms with van der Waals surface area (Å²) in [5.74, 6) is -0.389. The third-order valence-electron chi connectivity index (χ3n) is 2.88. The minimum atomic E-state index is -0.801. The van der Waals surface area contributed by atoms with E-state index in [1.807, 2.05) is 4.31 Å². The van der Waals surface area contributed by atoms with Gasteiger partial charge < -0.3 is 4.72 Å². The van der Waals surface area contributed by atoms with Crippen LogP contribution in [0, 0.1) is 5.82 Å². The maximum absolute atomic E-state index is 14.2. The number of nitrogens with one attached hydrogen (secondary N) is 1. The molecule has 1 aliphatic rings. The average Bonchev–Trinajstić information content (AvgIpc) is 2.75. The monoisotopic (exact) mass is 304 g/mol. The molecule has 0 radical (unpaired) electrons. The van der Waals surface area contributed by atoms with Gasteiger partial charge in [0.05, 0.1) is 5.69 Å². The molecule has 1 aliphatic heterocycles. The third kappa shape index (κ3) is 3.61. The fourth-order valence-electron chi connectivity index (χ4n) is 1.86. The van der Waals surface area contributed by atoms with Gasteiger partial charge in [0.25, 0.3) is 0 Å². The number of halogens is 3. The predicted molar refractivity (Wildman–Crippen MR) is 78.4 cm³/mol. The van der Waals surface area contributed by atoms with Crippen molar-refractivity contribution in [3.05, 3.63) is 35.1 Å². The van der Waals surface area contributed by atoms with Crippen molar-refractivity contribution in [2.45, 2.75) is 19.5 Å². The molecular formula is C13H15ClF2N2S. The number of nitrogens with zero attached hydrogens (tertiary/aromatic N) is 1. The first kappa shape index (κ1) is 14.6. The van der Waals surface area contributed by atoms with Crippen LogP contribution in [0.25, 0.3) is 5.57 Å². The number of hydrogen-bond donors (Lipinski definition) is 1. The van der Waals surface area contributed by atoms with Crippen LogP contribution in [-0.2, 0) is 0 Å². The van der Waals surface area contributed by atoms with Crippen molar-refractivity contribution >= 4 is 35.0 Å². The van der Waals surface area contributed by atoms with E-state index in [9.17, 15) is 8.78 Å². The van der Waals surface area contributed by atoms with Gasteiger partial charge in [0.2, 0.25) is 0 Å². The number of hydrogen-bond acceptors (Lipinski definition) is 3. The highest BCUT2D eigenvalue weighted by molar-refractivity contribution is 7.98. The highest BCUT2D eigenvalue weighted by atomic mass is 35.5. The van der Waals surface area contributed by atoms with Crippen LogP contribution in [0.5, 0.6) is 0 Å². The van der Waals surface area contributed by atoms with E-state index < -0.39 is 6.17 Å². The SMILES string of the molecule is C=C(C)c1cc(Cl)cc(NSN2CCC(F)C2)c1F. The Morgan fingerprint density at radius 2 is 2.32 bits per heavy atom. The van der Waals surface area contributed by atoms with Gasteiger partial charge in [-0.1, -0.05) is 18.2 Å². The van der Waals surface area contributed by atoms with Crippen LogP contribution in [0.4, 0.5) is 14.5 Å². The second-order valence-electron chi connectivity index (χ2n) is 4.56. The quantitative estimate of drug-likeness (QED) is 0.823. The van der Waals surface area contributed by atoms with Gasteiger partial charge in [-0.25, -0.2) is 13.1 Å². The van der Waals surface area contributed by atoms with E-state index in [4.69, 9.17) is 11.6 Å². The number of alkyl halides is 1. The lowest BCUT2D eigenvalue weighted by molar-refractivity contribution is 0.349. The Hall–Kier alpha value is -0.780. The molecule has 0 aromatic heterocycles. The molecule has 2 rings (SSSR count). The van der Waals surface area contributed by atoms with Gasteiger partial charge in [0, 0.05) is 35.8 Å². The highest BCUT2D eigenvalue weighted by Gasteiger charge is 2.22. The lowest BCUT2D eigenvalue weighted by Gasteiger charge is -2.16. The van der Waals surface area contributed by atoms with Crippen LogP contribution in [-0.4, -0.2) is 23.6 Å². The summed E-state index contributed by atoms with van der Waals surface area (Å²) in [6.07, 6.45) is -0.284. The topological polar surface area (TPSA) is 15.3 Å². The molecule has 1 aromatic rings. The van der Waals surface area contributed by atoms with Gasteiger partial charge in [-0.05, 0) is 31.1 Å². The Balaban J connectivity index is 2.09. The smallest absolute Gasteiger partial charge is 0.154 e. The molecule has 1 fully saturated rings. The molecule has 0 spiro atoms. The molecule has 0 saturated carbocycles. The van der Waals surface area contributed by atoms with Crippen LogP contribution in [0.1, 0.15) is 18.9 Å². The summed E-state index contributed by atoms with van der Waals surface area (Å²) in [4.78, 5) is 0. The summed E-state index contributed by atoms with van der Waals surface area (Å²) >= 11 is 7.15. The zero-order valence-corrected chi connectivity index (χ0v) is 12.1. The second kappa shape index (κ2) is 6.11. The molecule has 19 heavy (non-hydrogen) atoms. The molecule has 0 amide bonds. The highest BCUT2D eigenvalue weighted by Crippen LogP contribution is 2.31. The number of benzene rings is 1. The lowest BCUT2D eigenvalue weighted by atomic mass is 10.1. The molecule has 1 aromatic carbocycles. The zero-order chi connectivity index (χ0) is 14.0. The first-order chi connectivity index (χ1) is 8.97. The first-order valence-electron chi connectivity index (χ1n) is 5.94. The summed E-state index contributed by atoms with van der Waals surface area (Å²) in [5.41, 5.74) is 1.29. The molecular weight excluding hydrogens is 290 g/mol. The third-order valence-corrected chi connectivity index (χ3v) is 3.99. The molecule has 1 atom stereocenters. The number of anilines is 1. The van der Waals surface area contributed by atoms with Crippen molar-refractivity contribution in [1.29, 1.82) is 0 Å².